The predicted octanol–water partition coefficient (Wildman–Crippen LogP) is 8.54. The first-order valence-corrected chi connectivity index (χ1v) is 11.6. The fourth-order valence-electron chi connectivity index (χ4n) is 6.82. The van der Waals surface area contributed by atoms with E-state index in [1.54, 1.807) is 51.4 Å². The van der Waals surface area contributed by atoms with Crippen LogP contribution in [0.3, 0.4) is 0 Å². The maximum atomic E-state index is 2.39. The summed E-state index contributed by atoms with van der Waals surface area (Å²) in [5.41, 5.74) is 1.48. The SMILES string of the molecule is CCCC1(CCC)CCC(C2CCC(CCC)(CCC)CC2)CC1. The third-order valence-electron chi connectivity index (χ3n) is 7.97. The summed E-state index contributed by atoms with van der Waals surface area (Å²) in [5.74, 6) is 2.15. The molecule has 0 spiro atoms. The van der Waals surface area contributed by atoms with Gasteiger partial charge >= 0.3 is 0 Å². The quantitative estimate of drug-likeness (QED) is 0.396. The Hall–Kier alpha value is 0. The van der Waals surface area contributed by atoms with Crippen molar-refractivity contribution in [2.45, 2.75) is 130 Å². The van der Waals surface area contributed by atoms with Crippen molar-refractivity contribution < 1.29 is 0 Å². The highest BCUT2D eigenvalue weighted by atomic mass is 14.5. The van der Waals surface area contributed by atoms with Gasteiger partial charge in [0.1, 0.15) is 0 Å². The summed E-state index contributed by atoms with van der Waals surface area (Å²) in [7, 11) is 0. The van der Waals surface area contributed by atoms with Crippen molar-refractivity contribution in [2.75, 3.05) is 0 Å². The van der Waals surface area contributed by atoms with Crippen molar-refractivity contribution in [2.24, 2.45) is 22.7 Å². The molecule has 0 heterocycles. The van der Waals surface area contributed by atoms with E-state index in [9.17, 15) is 0 Å². The van der Waals surface area contributed by atoms with Crippen molar-refractivity contribution in [3.8, 4) is 0 Å². The Kier molecular flexibility index (Phi) is 8.15. The largest absolute Gasteiger partial charge is 0.0654 e. The lowest BCUT2D eigenvalue weighted by atomic mass is 9.59. The second-order valence-electron chi connectivity index (χ2n) is 9.67. The Labute approximate surface area is 153 Å². The monoisotopic (exact) mass is 334 g/mol. The van der Waals surface area contributed by atoms with Crippen molar-refractivity contribution in [3.63, 3.8) is 0 Å². The summed E-state index contributed by atoms with van der Waals surface area (Å²) in [4.78, 5) is 0. The fraction of sp³-hybridized carbons (Fsp3) is 1.00. The van der Waals surface area contributed by atoms with Gasteiger partial charge in [0.15, 0.2) is 0 Å². The van der Waals surface area contributed by atoms with Crippen LogP contribution in [0.1, 0.15) is 130 Å². The van der Waals surface area contributed by atoms with Crippen LogP contribution in [0.2, 0.25) is 0 Å². The van der Waals surface area contributed by atoms with E-state index in [4.69, 9.17) is 0 Å². The lowest BCUT2D eigenvalue weighted by molar-refractivity contribution is 0.0502. The van der Waals surface area contributed by atoms with E-state index in [0.29, 0.717) is 0 Å². The van der Waals surface area contributed by atoms with Crippen molar-refractivity contribution in [3.05, 3.63) is 0 Å². The van der Waals surface area contributed by atoms with Crippen LogP contribution >= 0.6 is 0 Å². The molecular formula is C24H46. The molecule has 0 aromatic carbocycles. The van der Waals surface area contributed by atoms with Crippen LogP contribution in [0.25, 0.3) is 0 Å². The molecule has 0 heteroatoms. The van der Waals surface area contributed by atoms with Gasteiger partial charge in [-0.05, 0) is 99.7 Å². The molecule has 0 nitrogen and oxygen atoms in total. The van der Waals surface area contributed by atoms with Gasteiger partial charge in [-0.15, -0.1) is 0 Å². The molecule has 2 fully saturated rings. The molecule has 0 aromatic heterocycles. The molecule has 0 aliphatic heterocycles. The third-order valence-corrected chi connectivity index (χ3v) is 7.97. The summed E-state index contributed by atoms with van der Waals surface area (Å²) >= 11 is 0. The van der Waals surface area contributed by atoms with Crippen molar-refractivity contribution in [1.82, 2.24) is 0 Å². The molecule has 0 bridgehead atoms. The van der Waals surface area contributed by atoms with Gasteiger partial charge in [-0.1, -0.05) is 53.4 Å². The van der Waals surface area contributed by atoms with Gasteiger partial charge in [0.2, 0.25) is 0 Å². The molecule has 0 amide bonds. The average Bonchev–Trinajstić information content (AvgIpc) is 2.58. The van der Waals surface area contributed by atoms with Crippen LogP contribution in [-0.2, 0) is 0 Å². The molecule has 0 radical (unpaired) electrons. The van der Waals surface area contributed by atoms with Gasteiger partial charge in [-0.25, -0.2) is 0 Å². The second-order valence-corrected chi connectivity index (χ2v) is 9.67. The number of hydrogen-bond donors (Lipinski definition) is 0. The van der Waals surface area contributed by atoms with E-state index < -0.39 is 0 Å². The summed E-state index contributed by atoms with van der Waals surface area (Å²) in [6, 6.07) is 0. The van der Waals surface area contributed by atoms with Gasteiger partial charge in [0.05, 0.1) is 0 Å². The molecular weight excluding hydrogens is 288 g/mol. The molecule has 2 rings (SSSR count). The van der Waals surface area contributed by atoms with Crippen LogP contribution in [0.15, 0.2) is 0 Å². The highest BCUT2D eigenvalue weighted by Crippen LogP contribution is 2.52. The minimum atomic E-state index is 0.739. The molecule has 2 aliphatic carbocycles. The average molecular weight is 335 g/mol. The zero-order valence-corrected chi connectivity index (χ0v) is 17.5. The summed E-state index contributed by atoms with van der Waals surface area (Å²) < 4.78 is 0. The Bertz CT molecular complexity index is 276. The minimum Gasteiger partial charge on any atom is -0.0654 e. The summed E-state index contributed by atoms with van der Waals surface area (Å²) in [5, 5.41) is 0. The maximum Gasteiger partial charge on any atom is -0.0297 e. The zero-order chi connectivity index (χ0) is 17.5. The molecule has 142 valence electrons. The molecule has 0 aromatic rings. The molecule has 0 saturated heterocycles. The topological polar surface area (TPSA) is 0 Å². The second kappa shape index (κ2) is 9.63. The molecule has 2 saturated carbocycles. The Morgan fingerprint density at radius 2 is 0.750 bits per heavy atom. The fourth-order valence-corrected chi connectivity index (χ4v) is 6.82. The highest BCUT2D eigenvalue weighted by molar-refractivity contribution is 4.91. The lowest BCUT2D eigenvalue weighted by Gasteiger charge is -2.47. The molecule has 2 aliphatic rings. The maximum absolute atomic E-state index is 2.39. The van der Waals surface area contributed by atoms with E-state index >= 15 is 0 Å². The molecule has 0 atom stereocenters. The van der Waals surface area contributed by atoms with Crippen LogP contribution in [0.5, 0.6) is 0 Å². The zero-order valence-electron chi connectivity index (χ0n) is 17.5. The standard InChI is InChI=1S/C24H46/c1-5-13-23(14-6-2)17-9-21(10-18-23)22-11-19-24(15-7-3,16-8-4)20-12-22/h21-22H,5-20H2,1-4H3. The first-order chi connectivity index (χ1) is 11.6. The molecule has 24 heavy (non-hydrogen) atoms. The van der Waals surface area contributed by atoms with Gasteiger partial charge in [0.25, 0.3) is 0 Å². The van der Waals surface area contributed by atoms with Crippen LogP contribution < -0.4 is 0 Å². The van der Waals surface area contributed by atoms with Crippen molar-refractivity contribution in [1.29, 1.82) is 0 Å². The number of rotatable bonds is 9. The first-order valence-electron chi connectivity index (χ1n) is 11.6. The van der Waals surface area contributed by atoms with Gasteiger partial charge in [0, 0.05) is 0 Å². The summed E-state index contributed by atoms with van der Waals surface area (Å²) in [6.07, 6.45) is 24.0. The van der Waals surface area contributed by atoms with E-state index in [0.717, 1.165) is 22.7 Å². The van der Waals surface area contributed by atoms with E-state index in [1.165, 1.54) is 51.4 Å². The Balaban J connectivity index is 1.85. The summed E-state index contributed by atoms with van der Waals surface area (Å²) in [6.45, 7) is 9.58. The van der Waals surface area contributed by atoms with Gasteiger partial charge in [-0.2, -0.15) is 0 Å². The van der Waals surface area contributed by atoms with Crippen LogP contribution in [-0.4, -0.2) is 0 Å². The third kappa shape index (κ3) is 5.01. The smallest absolute Gasteiger partial charge is 0.0297 e. The van der Waals surface area contributed by atoms with Crippen LogP contribution in [0.4, 0.5) is 0 Å². The predicted molar refractivity (Wildman–Crippen MR) is 108 cm³/mol. The molecule has 0 unspecified atom stereocenters. The Morgan fingerprint density at radius 3 is 0.958 bits per heavy atom. The van der Waals surface area contributed by atoms with E-state index in [1.807, 2.05) is 0 Å². The van der Waals surface area contributed by atoms with E-state index in [-0.39, 0.29) is 0 Å². The first kappa shape index (κ1) is 20.3. The minimum absolute atomic E-state index is 0.739. The normalized spacial score (nSPS) is 25.0. The van der Waals surface area contributed by atoms with Crippen molar-refractivity contribution >= 4 is 0 Å². The highest BCUT2D eigenvalue weighted by Gasteiger charge is 2.40. The molecule has 0 N–H and O–H groups in total. The van der Waals surface area contributed by atoms with Gasteiger partial charge < -0.3 is 0 Å². The number of hydrogen-bond acceptors (Lipinski definition) is 0. The van der Waals surface area contributed by atoms with Gasteiger partial charge in [-0.3, -0.25) is 0 Å². The Morgan fingerprint density at radius 1 is 0.500 bits per heavy atom. The van der Waals surface area contributed by atoms with Crippen LogP contribution in [0, 0.1) is 22.7 Å². The van der Waals surface area contributed by atoms with E-state index in [2.05, 4.69) is 27.7 Å². The lowest BCUT2D eigenvalue weighted by Crippen LogP contribution is -2.34.